The number of alkyl halides is 1. The summed E-state index contributed by atoms with van der Waals surface area (Å²) in [4.78, 5) is 0. The third-order valence-electron chi connectivity index (χ3n) is 0.797. The molecule has 2 N–H and O–H groups in total. The maximum atomic E-state index is 11.5. The second-order valence-electron chi connectivity index (χ2n) is 1.47. The maximum absolute atomic E-state index is 11.5. The molecule has 0 amide bonds. The molecule has 0 aliphatic carbocycles. The SMILES string of the molecule is O=S(=O)(O)C(CO)CF. The van der Waals surface area contributed by atoms with Gasteiger partial charge in [0, 0.05) is 0 Å². The van der Waals surface area contributed by atoms with Crippen molar-refractivity contribution in [3.8, 4) is 0 Å². The van der Waals surface area contributed by atoms with E-state index in [1.807, 2.05) is 0 Å². The zero-order valence-corrected chi connectivity index (χ0v) is 5.31. The first-order chi connectivity index (χ1) is 4.02. The number of aliphatic hydroxyl groups is 1. The monoisotopic (exact) mass is 158 g/mol. The van der Waals surface area contributed by atoms with E-state index in [0.29, 0.717) is 0 Å². The molecule has 6 heteroatoms. The van der Waals surface area contributed by atoms with Crippen LogP contribution in [0.1, 0.15) is 0 Å². The van der Waals surface area contributed by atoms with Crippen molar-refractivity contribution in [2.24, 2.45) is 0 Å². The fourth-order valence-corrected chi connectivity index (χ4v) is 0.570. The molecule has 0 aliphatic heterocycles. The maximum Gasteiger partial charge on any atom is 0.272 e. The molecule has 0 fully saturated rings. The van der Waals surface area contributed by atoms with E-state index in [0.717, 1.165) is 0 Å². The van der Waals surface area contributed by atoms with Gasteiger partial charge in [-0.05, 0) is 0 Å². The van der Waals surface area contributed by atoms with E-state index >= 15 is 0 Å². The summed E-state index contributed by atoms with van der Waals surface area (Å²) >= 11 is 0. The molecule has 1 atom stereocenters. The van der Waals surface area contributed by atoms with Crippen molar-refractivity contribution in [2.45, 2.75) is 5.25 Å². The van der Waals surface area contributed by atoms with Crippen LogP contribution in [0, 0.1) is 0 Å². The first-order valence-corrected chi connectivity index (χ1v) is 3.65. The highest BCUT2D eigenvalue weighted by molar-refractivity contribution is 7.86. The van der Waals surface area contributed by atoms with Crippen molar-refractivity contribution in [1.29, 1.82) is 0 Å². The van der Waals surface area contributed by atoms with Crippen LogP contribution in [0.4, 0.5) is 4.39 Å². The molecule has 0 heterocycles. The number of rotatable bonds is 3. The molecular formula is C3H7FO4S. The topological polar surface area (TPSA) is 74.6 Å². The molecule has 0 saturated carbocycles. The van der Waals surface area contributed by atoms with Crippen molar-refractivity contribution >= 4 is 10.1 Å². The molecular weight excluding hydrogens is 151 g/mol. The van der Waals surface area contributed by atoms with Gasteiger partial charge in [-0.25, -0.2) is 4.39 Å². The zero-order chi connectivity index (χ0) is 7.49. The molecule has 0 spiro atoms. The van der Waals surface area contributed by atoms with Crippen LogP contribution in [0.15, 0.2) is 0 Å². The van der Waals surface area contributed by atoms with E-state index in [-0.39, 0.29) is 0 Å². The highest BCUT2D eigenvalue weighted by Crippen LogP contribution is 1.96. The standard InChI is InChI=1S/C3H7FO4S/c4-1-3(2-5)9(6,7)8/h3,5H,1-2H2,(H,6,7,8). The fourth-order valence-electron chi connectivity index (χ4n) is 0.223. The average molecular weight is 158 g/mol. The summed E-state index contributed by atoms with van der Waals surface area (Å²) in [5, 5.41) is 6.40. The Kier molecular flexibility index (Phi) is 3.02. The van der Waals surface area contributed by atoms with Crippen LogP contribution in [0.2, 0.25) is 0 Å². The lowest BCUT2D eigenvalue weighted by Crippen LogP contribution is -2.26. The zero-order valence-electron chi connectivity index (χ0n) is 4.49. The first kappa shape index (κ1) is 8.80. The lowest BCUT2D eigenvalue weighted by Gasteiger charge is -2.02. The molecule has 1 unspecified atom stereocenters. The summed E-state index contributed by atoms with van der Waals surface area (Å²) in [5.74, 6) is 0. The molecule has 56 valence electrons. The van der Waals surface area contributed by atoms with Gasteiger partial charge in [0.05, 0.1) is 6.61 Å². The number of hydrogen-bond acceptors (Lipinski definition) is 3. The summed E-state index contributed by atoms with van der Waals surface area (Å²) < 4.78 is 39.4. The highest BCUT2D eigenvalue weighted by atomic mass is 32.2. The minimum Gasteiger partial charge on any atom is -0.395 e. The van der Waals surface area contributed by atoms with Gasteiger partial charge in [-0.1, -0.05) is 0 Å². The molecule has 0 aromatic carbocycles. The van der Waals surface area contributed by atoms with Gasteiger partial charge >= 0.3 is 0 Å². The van der Waals surface area contributed by atoms with Crippen LogP contribution in [0.5, 0.6) is 0 Å². The minimum atomic E-state index is -4.39. The smallest absolute Gasteiger partial charge is 0.272 e. The lowest BCUT2D eigenvalue weighted by molar-refractivity contribution is 0.263. The Bertz CT molecular complexity index is 159. The summed E-state index contributed by atoms with van der Waals surface area (Å²) in [6.07, 6.45) is 0. The van der Waals surface area contributed by atoms with Crippen LogP contribution in [-0.2, 0) is 10.1 Å². The minimum absolute atomic E-state index is 0.894. The van der Waals surface area contributed by atoms with Gasteiger partial charge in [0.1, 0.15) is 11.9 Å². The van der Waals surface area contributed by atoms with Crippen molar-refractivity contribution < 1.29 is 22.5 Å². The van der Waals surface area contributed by atoms with E-state index < -0.39 is 28.6 Å². The van der Waals surface area contributed by atoms with E-state index in [4.69, 9.17) is 9.66 Å². The highest BCUT2D eigenvalue weighted by Gasteiger charge is 2.21. The largest absolute Gasteiger partial charge is 0.395 e. The summed E-state index contributed by atoms with van der Waals surface area (Å²) in [6, 6.07) is 0. The molecule has 0 bridgehead atoms. The Morgan fingerprint density at radius 3 is 2.00 bits per heavy atom. The van der Waals surface area contributed by atoms with Crippen LogP contribution < -0.4 is 0 Å². The Morgan fingerprint density at radius 1 is 1.56 bits per heavy atom. The Morgan fingerprint density at radius 2 is 2.00 bits per heavy atom. The van der Waals surface area contributed by atoms with E-state index in [2.05, 4.69) is 0 Å². The summed E-state index contributed by atoms with van der Waals surface area (Å²) in [6.45, 7) is -2.16. The Hall–Kier alpha value is -0.200. The normalized spacial score (nSPS) is 15.4. The molecule has 0 radical (unpaired) electrons. The summed E-state index contributed by atoms with van der Waals surface area (Å²) in [7, 11) is -4.39. The van der Waals surface area contributed by atoms with Gasteiger partial charge in [-0.3, -0.25) is 4.55 Å². The lowest BCUT2D eigenvalue weighted by atomic mass is 10.5. The van der Waals surface area contributed by atoms with E-state index in [1.54, 1.807) is 0 Å². The second-order valence-corrected chi connectivity index (χ2v) is 3.17. The quantitative estimate of drug-likeness (QED) is 0.527. The average Bonchev–Trinajstić information content (AvgIpc) is 1.65. The molecule has 0 saturated heterocycles. The van der Waals surface area contributed by atoms with Crippen LogP contribution in [-0.4, -0.2) is 36.6 Å². The van der Waals surface area contributed by atoms with Crippen molar-refractivity contribution in [3.63, 3.8) is 0 Å². The van der Waals surface area contributed by atoms with Gasteiger partial charge in [-0.2, -0.15) is 8.42 Å². The van der Waals surface area contributed by atoms with Gasteiger partial charge < -0.3 is 5.11 Å². The van der Waals surface area contributed by atoms with Gasteiger partial charge in [0.2, 0.25) is 0 Å². The van der Waals surface area contributed by atoms with Crippen molar-refractivity contribution in [2.75, 3.05) is 13.3 Å². The Balaban J connectivity index is 4.14. The molecule has 0 aromatic heterocycles. The van der Waals surface area contributed by atoms with E-state index in [1.165, 1.54) is 0 Å². The molecule has 0 aromatic rings. The Labute approximate surface area is 52.1 Å². The molecule has 0 rings (SSSR count). The van der Waals surface area contributed by atoms with Crippen molar-refractivity contribution in [3.05, 3.63) is 0 Å². The number of halogens is 1. The fraction of sp³-hybridized carbons (Fsp3) is 1.00. The molecule has 0 aliphatic rings. The third kappa shape index (κ3) is 2.73. The molecule has 4 nitrogen and oxygen atoms in total. The second kappa shape index (κ2) is 3.09. The molecule has 9 heavy (non-hydrogen) atoms. The van der Waals surface area contributed by atoms with Crippen molar-refractivity contribution in [1.82, 2.24) is 0 Å². The van der Waals surface area contributed by atoms with Gasteiger partial charge in [0.15, 0.2) is 0 Å². The van der Waals surface area contributed by atoms with Gasteiger partial charge in [0.25, 0.3) is 10.1 Å². The first-order valence-electron chi connectivity index (χ1n) is 2.15. The van der Waals surface area contributed by atoms with E-state index in [9.17, 15) is 12.8 Å². The summed E-state index contributed by atoms with van der Waals surface area (Å²) in [5.41, 5.74) is 0. The van der Waals surface area contributed by atoms with Crippen LogP contribution in [0.3, 0.4) is 0 Å². The predicted molar refractivity (Wildman–Crippen MR) is 28.4 cm³/mol. The predicted octanol–water partition coefficient (Wildman–Crippen LogP) is -0.795. The third-order valence-corrected chi connectivity index (χ3v) is 1.91. The van der Waals surface area contributed by atoms with Crippen LogP contribution >= 0.6 is 0 Å². The van der Waals surface area contributed by atoms with Gasteiger partial charge in [-0.15, -0.1) is 0 Å². The number of aliphatic hydroxyl groups excluding tert-OH is 1. The number of hydrogen-bond donors (Lipinski definition) is 2. The van der Waals surface area contributed by atoms with Crippen LogP contribution in [0.25, 0.3) is 0 Å².